The van der Waals surface area contributed by atoms with Crippen LogP contribution in [0.2, 0.25) is 0 Å². The van der Waals surface area contributed by atoms with E-state index in [1.54, 1.807) is 0 Å². The summed E-state index contributed by atoms with van der Waals surface area (Å²) in [6.07, 6.45) is 11.2. The maximum Gasteiger partial charge on any atom is 0.132 e. The number of hydrogen-bond donors (Lipinski definition) is 0. The number of benzene rings is 1. The highest BCUT2D eigenvalue weighted by Gasteiger charge is 2.17. The Morgan fingerprint density at radius 2 is 1.25 bits per heavy atom. The minimum Gasteiger partial charge on any atom is -0.870 e. The maximum atomic E-state index is 2.32. The second-order valence-corrected chi connectivity index (χ2v) is 6.22. The topological polar surface area (TPSA) is 30.0 Å². The third-order valence-corrected chi connectivity index (χ3v) is 4.03. The molecule has 1 rings (SSSR count). The van der Waals surface area contributed by atoms with Gasteiger partial charge >= 0.3 is 0 Å². The van der Waals surface area contributed by atoms with Crippen LogP contribution >= 0.6 is 0 Å². The molecule has 0 atom stereocenters. The second kappa shape index (κ2) is 10.9. The van der Waals surface area contributed by atoms with Crippen molar-refractivity contribution in [3.05, 3.63) is 30.3 Å². The van der Waals surface area contributed by atoms with Gasteiger partial charge in [0.25, 0.3) is 0 Å². The highest BCUT2D eigenvalue weighted by molar-refractivity contribution is 5.40. The smallest absolute Gasteiger partial charge is 0.132 e. The van der Waals surface area contributed by atoms with Crippen molar-refractivity contribution < 1.29 is 5.48 Å². The fourth-order valence-corrected chi connectivity index (χ4v) is 2.60. The summed E-state index contributed by atoms with van der Waals surface area (Å²) in [6, 6.07) is 10.9. The second-order valence-electron chi connectivity index (χ2n) is 6.22. The van der Waals surface area contributed by atoms with Gasteiger partial charge in [0.05, 0.1) is 20.6 Å². The average Bonchev–Trinajstić information content (AvgIpc) is 2.43. The molecule has 0 saturated carbocycles. The van der Waals surface area contributed by atoms with Crippen molar-refractivity contribution in [3.63, 3.8) is 0 Å². The van der Waals surface area contributed by atoms with E-state index in [0.29, 0.717) is 0 Å². The van der Waals surface area contributed by atoms with Crippen molar-refractivity contribution >= 4 is 5.69 Å². The Morgan fingerprint density at radius 1 is 0.750 bits per heavy atom. The quantitative estimate of drug-likeness (QED) is 0.426. The predicted molar refractivity (Wildman–Crippen MR) is 89.5 cm³/mol. The molecule has 1 aromatic carbocycles. The van der Waals surface area contributed by atoms with E-state index in [1.807, 2.05) is 0 Å². The first-order valence-electron chi connectivity index (χ1n) is 8.05. The van der Waals surface area contributed by atoms with E-state index in [-0.39, 0.29) is 5.48 Å². The molecule has 0 spiro atoms. The molecule has 1 aromatic rings. The highest BCUT2D eigenvalue weighted by Crippen LogP contribution is 2.19. The fraction of sp³-hybridized carbons (Fsp3) is 0.667. The van der Waals surface area contributed by atoms with Crippen molar-refractivity contribution in [2.45, 2.75) is 58.3 Å². The Hall–Kier alpha value is -0.860. The Balaban J connectivity index is 0.00000361. The molecular weight excluding hydrogens is 246 g/mol. The molecule has 0 aliphatic carbocycles. The van der Waals surface area contributed by atoms with Gasteiger partial charge in [-0.25, -0.2) is 0 Å². The zero-order valence-corrected chi connectivity index (χ0v) is 13.6. The van der Waals surface area contributed by atoms with Crippen LogP contribution in [-0.2, 0) is 0 Å². The minimum atomic E-state index is 0. The van der Waals surface area contributed by atoms with Gasteiger partial charge < -0.3 is 5.48 Å². The fourth-order valence-electron chi connectivity index (χ4n) is 2.60. The molecule has 0 aromatic heterocycles. The Bertz CT molecular complexity index is 321. The van der Waals surface area contributed by atoms with E-state index >= 15 is 0 Å². The van der Waals surface area contributed by atoms with Crippen molar-refractivity contribution in [3.8, 4) is 0 Å². The molecule has 0 amide bonds. The van der Waals surface area contributed by atoms with E-state index in [2.05, 4.69) is 51.4 Å². The number of rotatable bonds is 10. The molecule has 0 aliphatic heterocycles. The summed E-state index contributed by atoms with van der Waals surface area (Å²) in [4.78, 5) is 0. The van der Waals surface area contributed by atoms with Gasteiger partial charge in [0, 0.05) is 0 Å². The molecule has 0 aliphatic rings. The lowest BCUT2D eigenvalue weighted by Crippen LogP contribution is -2.41. The summed E-state index contributed by atoms with van der Waals surface area (Å²) in [5.74, 6) is 0. The first-order chi connectivity index (χ1) is 9.17. The van der Waals surface area contributed by atoms with Gasteiger partial charge in [-0.15, -0.1) is 0 Å². The van der Waals surface area contributed by atoms with Crippen LogP contribution in [0.4, 0.5) is 5.69 Å². The van der Waals surface area contributed by atoms with Crippen LogP contribution in [0.5, 0.6) is 0 Å². The monoisotopic (exact) mass is 279 g/mol. The number of para-hydroxylation sites is 1. The van der Waals surface area contributed by atoms with E-state index in [1.165, 1.54) is 63.6 Å². The molecule has 0 heterocycles. The van der Waals surface area contributed by atoms with Gasteiger partial charge in [0.2, 0.25) is 0 Å². The lowest BCUT2D eigenvalue weighted by Gasteiger charge is -2.29. The zero-order valence-electron chi connectivity index (χ0n) is 13.6. The SMILES string of the molecule is CCCCCCCCCC[N+](C)(C)c1ccccc1.[OH-]. The molecule has 2 nitrogen and oxygen atoms in total. The number of hydrogen-bond acceptors (Lipinski definition) is 1. The van der Waals surface area contributed by atoms with Crippen molar-refractivity contribution in [2.75, 3.05) is 20.6 Å². The van der Waals surface area contributed by atoms with E-state index < -0.39 is 0 Å². The molecule has 0 bridgehead atoms. The summed E-state index contributed by atoms with van der Waals surface area (Å²) >= 11 is 0. The van der Waals surface area contributed by atoms with Crippen LogP contribution in [-0.4, -0.2) is 26.1 Å². The van der Waals surface area contributed by atoms with Crippen LogP contribution < -0.4 is 4.48 Å². The largest absolute Gasteiger partial charge is 0.870 e. The number of quaternary nitrogens is 1. The molecule has 0 saturated heterocycles. The molecule has 1 N–H and O–H groups in total. The average molecular weight is 279 g/mol. The van der Waals surface area contributed by atoms with Crippen LogP contribution in [0.1, 0.15) is 58.3 Å². The van der Waals surface area contributed by atoms with Crippen LogP contribution in [0.25, 0.3) is 0 Å². The number of nitrogens with zero attached hydrogens (tertiary/aromatic N) is 1. The van der Waals surface area contributed by atoms with Gasteiger partial charge in [-0.3, -0.25) is 4.48 Å². The van der Waals surface area contributed by atoms with E-state index in [0.717, 1.165) is 4.48 Å². The van der Waals surface area contributed by atoms with Gasteiger partial charge in [0.15, 0.2) is 0 Å². The Kier molecular flexibility index (Phi) is 10.4. The van der Waals surface area contributed by atoms with Gasteiger partial charge in [-0.2, -0.15) is 0 Å². The summed E-state index contributed by atoms with van der Waals surface area (Å²) < 4.78 is 1.01. The lowest BCUT2D eigenvalue weighted by molar-refractivity contribution is 0.381. The van der Waals surface area contributed by atoms with Crippen LogP contribution in [0.3, 0.4) is 0 Å². The first-order valence-corrected chi connectivity index (χ1v) is 8.05. The standard InChI is InChI=1S/C18H32N.H2O/c1-4-5-6-7-8-9-10-14-17-19(2,3)18-15-12-11-13-16-18;/h11-13,15-16H,4-10,14,17H2,1-3H3;1H2/q+1;/p-1. The summed E-state index contributed by atoms with van der Waals surface area (Å²) in [6.45, 7) is 3.53. The van der Waals surface area contributed by atoms with Crippen LogP contribution in [0.15, 0.2) is 30.3 Å². The van der Waals surface area contributed by atoms with Gasteiger partial charge in [0.1, 0.15) is 5.69 Å². The van der Waals surface area contributed by atoms with Crippen molar-refractivity contribution in [1.82, 2.24) is 4.48 Å². The summed E-state index contributed by atoms with van der Waals surface area (Å²) in [7, 11) is 4.63. The molecule has 0 radical (unpaired) electrons. The molecule has 2 heteroatoms. The maximum absolute atomic E-state index is 2.32. The van der Waals surface area contributed by atoms with Crippen molar-refractivity contribution in [1.29, 1.82) is 0 Å². The Labute approximate surface area is 125 Å². The molecule has 20 heavy (non-hydrogen) atoms. The molecule has 0 fully saturated rings. The van der Waals surface area contributed by atoms with Gasteiger partial charge in [-0.1, -0.05) is 63.6 Å². The normalized spacial score (nSPS) is 11.2. The van der Waals surface area contributed by atoms with E-state index in [4.69, 9.17) is 0 Å². The minimum absolute atomic E-state index is 0. The Morgan fingerprint density at radius 3 is 1.80 bits per heavy atom. The molecular formula is C18H33NO. The predicted octanol–water partition coefficient (Wildman–Crippen LogP) is 5.22. The molecule has 116 valence electrons. The number of unbranched alkanes of at least 4 members (excludes halogenated alkanes) is 7. The summed E-state index contributed by atoms with van der Waals surface area (Å²) in [5, 5.41) is 0. The summed E-state index contributed by atoms with van der Waals surface area (Å²) in [5.41, 5.74) is 1.42. The van der Waals surface area contributed by atoms with E-state index in [9.17, 15) is 0 Å². The third kappa shape index (κ3) is 7.66. The first kappa shape index (κ1) is 19.1. The van der Waals surface area contributed by atoms with Crippen molar-refractivity contribution in [2.24, 2.45) is 0 Å². The highest BCUT2D eigenvalue weighted by atomic mass is 16.0. The molecule has 0 unspecified atom stereocenters. The third-order valence-electron chi connectivity index (χ3n) is 4.03. The lowest BCUT2D eigenvalue weighted by atomic mass is 10.1. The van der Waals surface area contributed by atoms with Crippen LogP contribution in [0, 0.1) is 0 Å². The zero-order chi connectivity index (χ0) is 14.0. The van der Waals surface area contributed by atoms with Gasteiger partial charge in [-0.05, 0) is 25.0 Å².